The predicted molar refractivity (Wildman–Crippen MR) is 81.4 cm³/mol. The Labute approximate surface area is 131 Å². The molecule has 0 bridgehead atoms. The quantitative estimate of drug-likeness (QED) is 0.261. The lowest BCUT2D eigenvalue weighted by atomic mass is 10.5. The van der Waals surface area contributed by atoms with E-state index in [0.29, 0.717) is 26.4 Å². The topological polar surface area (TPSA) is 74.3 Å². The Bertz CT molecular complexity index is 313. The van der Waals surface area contributed by atoms with Crippen LogP contribution in [0.5, 0.6) is 0 Å². The zero-order valence-electron chi connectivity index (χ0n) is 13.1. The first kappa shape index (κ1) is 20.3. The Hall–Kier alpha value is -1.70. The van der Waals surface area contributed by atoms with Gasteiger partial charge in [0.15, 0.2) is 0 Å². The minimum atomic E-state index is -0.448. The molecule has 0 fully saturated rings. The van der Waals surface area contributed by atoms with E-state index in [0.717, 1.165) is 25.2 Å². The molecule has 0 amide bonds. The van der Waals surface area contributed by atoms with Gasteiger partial charge in [-0.2, -0.15) is 0 Å². The van der Waals surface area contributed by atoms with Gasteiger partial charge in [-0.25, -0.2) is 9.59 Å². The maximum Gasteiger partial charge on any atom is 0.330 e. The van der Waals surface area contributed by atoms with E-state index in [2.05, 4.69) is 13.2 Å². The molecule has 0 aliphatic carbocycles. The second-order valence-electron chi connectivity index (χ2n) is 4.27. The molecule has 0 N–H and O–H groups in total. The van der Waals surface area contributed by atoms with Crippen molar-refractivity contribution < 1.29 is 28.5 Å². The monoisotopic (exact) mass is 315 g/mol. The van der Waals surface area contributed by atoms with Gasteiger partial charge in [-0.15, -0.1) is 0 Å². The molecule has 0 saturated heterocycles. The lowest BCUT2D eigenvalue weighted by Gasteiger charge is -2.16. The second-order valence-corrected chi connectivity index (χ2v) is 4.27. The van der Waals surface area contributed by atoms with Crippen molar-refractivity contribution in [2.75, 3.05) is 59.8 Å². The van der Waals surface area contributed by atoms with Gasteiger partial charge in [0.2, 0.25) is 0 Å². The minimum Gasteiger partial charge on any atom is -0.460 e. The summed E-state index contributed by atoms with van der Waals surface area (Å²) in [5.74, 6) is -0.895. The van der Waals surface area contributed by atoms with Crippen LogP contribution < -0.4 is 0 Å². The predicted octanol–water partition coefficient (Wildman–Crippen LogP) is 0.410. The van der Waals surface area contributed by atoms with Crippen molar-refractivity contribution >= 4 is 11.9 Å². The van der Waals surface area contributed by atoms with Crippen LogP contribution in [0.15, 0.2) is 25.3 Å². The fourth-order valence-electron chi connectivity index (χ4n) is 1.28. The van der Waals surface area contributed by atoms with E-state index in [4.69, 9.17) is 18.9 Å². The van der Waals surface area contributed by atoms with Crippen LogP contribution >= 0.6 is 0 Å². The van der Waals surface area contributed by atoms with Crippen LogP contribution in [0.25, 0.3) is 0 Å². The molecular formula is C15H25NO6. The summed E-state index contributed by atoms with van der Waals surface area (Å²) in [7, 11) is 1.95. The summed E-state index contributed by atoms with van der Waals surface area (Å²) in [5, 5.41) is 0. The number of hydrogen-bond acceptors (Lipinski definition) is 7. The Morgan fingerprint density at radius 3 is 1.59 bits per heavy atom. The average Bonchev–Trinajstić information content (AvgIpc) is 2.53. The highest BCUT2D eigenvalue weighted by atomic mass is 16.6. The lowest BCUT2D eigenvalue weighted by Crippen LogP contribution is -2.28. The fraction of sp³-hybridized carbons (Fsp3) is 0.600. The van der Waals surface area contributed by atoms with E-state index in [-0.39, 0.29) is 13.2 Å². The van der Waals surface area contributed by atoms with Gasteiger partial charge in [0, 0.05) is 25.2 Å². The molecule has 0 aromatic heterocycles. The minimum absolute atomic E-state index is 0.223. The van der Waals surface area contributed by atoms with E-state index in [1.54, 1.807) is 0 Å². The third kappa shape index (κ3) is 13.3. The van der Waals surface area contributed by atoms with Crippen LogP contribution in [-0.2, 0) is 28.5 Å². The number of carbonyl (C=O) groups excluding carboxylic acids is 2. The Morgan fingerprint density at radius 1 is 0.818 bits per heavy atom. The number of esters is 2. The third-order valence-corrected chi connectivity index (χ3v) is 2.51. The summed E-state index contributed by atoms with van der Waals surface area (Å²) in [6.45, 7) is 10.3. The van der Waals surface area contributed by atoms with E-state index < -0.39 is 11.9 Å². The molecule has 0 atom stereocenters. The Morgan fingerprint density at radius 2 is 1.23 bits per heavy atom. The molecule has 0 aliphatic heterocycles. The molecular weight excluding hydrogens is 290 g/mol. The van der Waals surface area contributed by atoms with Crippen molar-refractivity contribution in [1.82, 2.24) is 4.90 Å². The van der Waals surface area contributed by atoms with Gasteiger partial charge >= 0.3 is 11.9 Å². The highest BCUT2D eigenvalue weighted by molar-refractivity contribution is 5.81. The Kier molecular flexibility index (Phi) is 13.1. The maximum absolute atomic E-state index is 10.8. The van der Waals surface area contributed by atoms with Gasteiger partial charge in [-0.3, -0.25) is 0 Å². The number of nitrogens with zero attached hydrogens (tertiary/aromatic N) is 1. The molecule has 0 aromatic rings. The number of rotatable bonds is 14. The first-order valence-corrected chi connectivity index (χ1v) is 7.02. The zero-order chi connectivity index (χ0) is 16.6. The van der Waals surface area contributed by atoms with Crippen molar-refractivity contribution in [3.8, 4) is 0 Å². The van der Waals surface area contributed by atoms with E-state index in [1.807, 2.05) is 11.9 Å². The van der Waals surface area contributed by atoms with Crippen molar-refractivity contribution in [1.29, 1.82) is 0 Å². The second kappa shape index (κ2) is 14.2. The first-order chi connectivity index (χ1) is 10.6. The lowest BCUT2D eigenvalue weighted by molar-refractivity contribution is -0.140. The highest BCUT2D eigenvalue weighted by Gasteiger charge is 2.00. The Balaban J connectivity index is 3.30. The van der Waals surface area contributed by atoms with Gasteiger partial charge in [-0.1, -0.05) is 13.2 Å². The third-order valence-electron chi connectivity index (χ3n) is 2.51. The SMILES string of the molecule is C=CC(=O)OCCOCCN(C)CCOCCOC(=O)C=C. The normalized spacial score (nSPS) is 10.3. The van der Waals surface area contributed by atoms with Gasteiger partial charge < -0.3 is 23.8 Å². The molecule has 0 saturated carbocycles. The molecule has 22 heavy (non-hydrogen) atoms. The van der Waals surface area contributed by atoms with E-state index in [9.17, 15) is 9.59 Å². The van der Waals surface area contributed by atoms with Crippen LogP contribution in [0, 0.1) is 0 Å². The van der Waals surface area contributed by atoms with Crippen LogP contribution in [0.1, 0.15) is 0 Å². The van der Waals surface area contributed by atoms with Crippen LogP contribution in [0.3, 0.4) is 0 Å². The first-order valence-electron chi connectivity index (χ1n) is 7.02. The molecule has 0 aliphatic rings. The fourth-order valence-corrected chi connectivity index (χ4v) is 1.28. The van der Waals surface area contributed by atoms with E-state index in [1.165, 1.54) is 0 Å². The number of hydrogen-bond donors (Lipinski definition) is 0. The standard InChI is InChI=1S/C15H25NO6/c1-4-14(17)21-12-10-19-8-6-16(3)7-9-20-11-13-22-15(18)5-2/h4-5H,1-2,6-13H2,3H3. The van der Waals surface area contributed by atoms with Crippen molar-refractivity contribution in [3.05, 3.63) is 25.3 Å². The van der Waals surface area contributed by atoms with Crippen molar-refractivity contribution in [3.63, 3.8) is 0 Å². The molecule has 0 heterocycles. The van der Waals surface area contributed by atoms with Gasteiger partial charge in [0.1, 0.15) is 13.2 Å². The van der Waals surface area contributed by atoms with Gasteiger partial charge in [-0.05, 0) is 7.05 Å². The highest BCUT2D eigenvalue weighted by Crippen LogP contribution is 1.87. The summed E-state index contributed by atoms with van der Waals surface area (Å²) >= 11 is 0. The molecule has 0 rings (SSSR count). The largest absolute Gasteiger partial charge is 0.460 e. The van der Waals surface area contributed by atoms with Crippen molar-refractivity contribution in [2.24, 2.45) is 0 Å². The summed E-state index contributed by atoms with van der Waals surface area (Å²) in [6.07, 6.45) is 2.23. The van der Waals surface area contributed by atoms with Gasteiger partial charge in [0.05, 0.1) is 26.4 Å². The number of ether oxygens (including phenoxy) is 4. The van der Waals surface area contributed by atoms with Gasteiger partial charge in [0.25, 0.3) is 0 Å². The van der Waals surface area contributed by atoms with Crippen molar-refractivity contribution in [2.45, 2.75) is 0 Å². The molecule has 0 spiro atoms. The molecule has 126 valence electrons. The number of carbonyl (C=O) groups is 2. The number of likely N-dealkylation sites (N-methyl/N-ethyl adjacent to an activating group) is 1. The average molecular weight is 315 g/mol. The summed E-state index contributed by atoms with van der Waals surface area (Å²) in [5.41, 5.74) is 0. The molecule has 0 aromatic carbocycles. The molecule has 0 unspecified atom stereocenters. The summed E-state index contributed by atoms with van der Waals surface area (Å²) in [6, 6.07) is 0. The summed E-state index contributed by atoms with van der Waals surface area (Å²) < 4.78 is 20.2. The smallest absolute Gasteiger partial charge is 0.330 e. The molecule has 0 radical (unpaired) electrons. The van der Waals surface area contributed by atoms with Crippen LogP contribution in [0.4, 0.5) is 0 Å². The molecule has 7 heteroatoms. The maximum atomic E-state index is 10.8. The molecule has 7 nitrogen and oxygen atoms in total. The summed E-state index contributed by atoms with van der Waals surface area (Å²) in [4.78, 5) is 23.5. The zero-order valence-corrected chi connectivity index (χ0v) is 13.1. The van der Waals surface area contributed by atoms with Crippen LogP contribution in [-0.4, -0.2) is 76.6 Å². The van der Waals surface area contributed by atoms with Crippen LogP contribution in [0.2, 0.25) is 0 Å². The van der Waals surface area contributed by atoms with E-state index >= 15 is 0 Å².